The minimum Gasteiger partial charge on any atom is -0.480 e. The molecule has 2 aliphatic rings. The first kappa shape index (κ1) is 13.2. The molecule has 3 rings (SSSR count). The van der Waals surface area contributed by atoms with E-state index in [-0.39, 0.29) is 30.3 Å². The minimum absolute atomic E-state index is 0.0175. The molecule has 20 heavy (non-hydrogen) atoms. The van der Waals surface area contributed by atoms with Crippen LogP contribution in [0.3, 0.4) is 0 Å². The van der Waals surface area contributed by atoms with Crippen molar-refractivity contribution in [3.63, 3.8) is 0 Å². The van der Waals surface area contributed by atoms with Crippen molar-refractivity contribution < 1.29 is 14.7 Å². The molecule has 2 aliphatic carbocycles. The molecule has 2 saturated carbocycles. The lowest BCUT2D eigenvalue weighted by Crippen LogP contribution is -2.38. The molecule has 1 N–H and O–H groups in total. The molecule has 1 aromatic carbocycles. The Kier molecular flexibility index (Phi) is 3.24. The summed E-state index contributed by atoms with van der Waals surface area (Å²) >= 11 is 0. The van der Waals surface area contributed by atoms with E-state index in [9.17, 15) is 9.59 Å². The van der Waals surface area contributed by atoms with Gasteiger partial charge in [0.2, 0.25) is 5.91 Å². The smallest absolute Gasteiger partial charge is 0.323 e. The zero-order valence-corrected chi connectivity index (χ0v) is 11.6. The van der Waals surface area contributed by atoms with E-state index in [2.05, 4.69) is 19.1 Å². The highest BCUT2D eigenvalue weighted by molar-refractivity contribution is 5.86. The summed E-state index contributed by atoms with van der Waals surface area (Å²) in [7, 11) is 0. The summed E-state index contributed by atoms with van der Waals surface area (Å²) in [6, 6.07) is 8.30. The number of aryl methyl sites for hydroxylation is 1. The Labute approximate surface area is 118 Å². The van der Waals surface area contributed by atoms with Gasteiger partial charge in [-0.05, 0) is 43.2 Å². The molecule has 0 bridgehead atoms. The van der Waals surface area contributed by atoms with Crippen molar-refractivity contribution >= 4 is 11.9 Å². The predicted octanol–water partition coefficient (Wildman–Crippen LogP) is 2.17. The molecular weight excluding hydrogens is 254 g/mol. The first-order chi connectivity index (χ1) is 9.58. The number of aliphatic carboxylic acids is 1. The van der Waals surface area contributed by atoms with E-state index in [0.29, 0.717) is 0 Å². The van der Waals surface area contributed by atoms with E-state index in [1.54, 1.807) is 4.90 Å². The van der Waals surface area contributed by atoms with Gasteiger partial charge < -0.3 is 10.0 Å². The number of amides is 1. The Morgan fingerprint density at radius 1 is 1.30 bits per heavy atom. The van der Waals surface area contributed by atoms with Crippen molar-refractivity contribution in [1.82, 2.24) is 4.90 Å². The van der Waals surface area contributed by atoms with E-state index in [1.807, 2.05) is 12.1 Å². The van der Waals surface area contributed by atoms with Gasteiger partial charge in [0.25, 0.3) is 0 Å². The summed E-state index contributed by atoms with van der Waals surface area (Å²) in [5, 5.41) is 8.94. The fourth-order valence-corrected chi connectivity index (χ4v) is 2.95. The number of carbonyl (C=O) groups is 2. The van der Waals surface area contributed by atoms with Gasteiger partial charge in [-0.25, -0.2) is 0 Å². The third-order valence-electron chi connectivity index (χ3n) is 4.27. The van der Waals surface area contributed by atoms with E-state index in [0.717, 1.165) is 19.3 Å². The van der Waals surface area contributed by atoms with Crippen molar-refractivity contribution in [2.75, 3.05) is 6.54 Å². The summed E-state index contributed by atoms with van der Waals surface area (Å²) < 4.78 is 0. The highest BCUT2D eigenvalue weighted by atomic mass is 16.4. The minimum atomic E-state index is -0.918. The van der Waals surface area contributed by atoms with Crippen molar-refractivity contribution in [1.29, 1.82) is 0 Å². The van der Waals surface area contributed by atoms with Gasteiger partial charge in [-0.1, -0.05) is 24.3 Å². The summed E-state index contributed by atoms with van der Waals surface area (Å²) in [4.78, 5) is 25.0. The van der Waals surface area contributed by atoms with Crippen LogP contribution in [0.15, 0.2) is 24.3 Å². The Morgan fingerprint density at radius 3 is 2.60 bits per heavy atom. The molecule has 2 fully saturated rings. The summed E-state index contributed by atoms with van der Waals surface area (Å²) in [6.45, 7) is 1.91. The third-order valence-corrected chi connectivity index (χ3v) is 4.27. The molecule has 0 saturated heterocycles. The maximum Gasteiger partial charge on any atom is 0.323 e. The quantitative estimate of drug-likeness (QED) is 0.894. The van der Waals surface area contributed by atoms with Crippen LogP contribution in [0.5, 0.6) is 0 Å². The van der Waals surface area contributed by atoms with Crippen molar-refractivity contribution in [2.24, 2.45) is 5.92 Å². The standard InChI is InChI=1S/C16H19NO3/c1-10-4-2-3-5-12(10)13-8-14(13)16(20)17(9-15(18)19)11-6-7-11/h2-5,11,13-14H,6-9H2,1H3,(H,18,19)/t13-,14+/m1/s1. The maximum absolute atomic E-state index is 12.5. The second kappa shape index (κ2) is 4.93. The largest absolute Gasteiger partial charge is 0.480 e. The first-order valence-electron chi connectivity index (χ1n) is 7.15. The van der Waals surface area contributed by atoms with Crippen molar-refractivity contribution in [3.8, 4) is 0 Å². The highest BCUT2D eigenvalue weighted by Gasteiger charge is 2.48. The lowest BCUT2D eigenvalue weighted by Gasteiger charge is -2.20. The SMILES string of the molecule is Cc1ccccc1[C@H]1C[C@@H]1C(=O)N(CC(=O)O)C1CC1. The molecule has 4 heteroatoms. The topological polar surface area (TPSA) is 57.6 Å². The summed E-state index contributed by atoms with van der Waals surface area (Å²) in [5.41, 5.74) is 2.45. The molecule has 106 valence electrons. The average Bonchev–Trinajstić information content (AvgIpc) is 3.26. The van der Waals surface area contributed by atoms with Gasteiger partial charge in [-0.15, -0.1) is 0 Å². The van der Waals surface area contributed by atoms with E-state index in [4.69, 9.17) is 5.11 Å². The van der Waals surface area contributed by atoms with Crippen LogP contribution in [0.25, 0.3) is 0 Å². The summed E-state index contributed by atoms with van der Waals surface area (Å²) in [6.07, 6.45) is 2.74. The fourth-order valence-electron chi connectivity index (χ4n) is 2.95. The van der Waals surface area contributed by atoms with Gasteiger partial charge in [0, 0.05) is 12.0 Å². The Hall–Kier alpha value is -1.84. The molecule has 0 aromatic heterocycles. The summed E-state index contributed by atoms with van der Waals surface area (Å²) in [5.74, 6) is -0.628. The number of nitrogens with zero attached hydrogens (tertiary/aromatic N) is 1. The molecule has 1 amide bonds. The highest BCUT2D eigenvalue weighted by Crippen LogP contribution is 2.50. The van der Waals surface area contributed by atoms with Crippen LogP contribution in [0.4, 0.5) is 0 Å². The Bertz CT molecular complexity index is 550. The van der Waals surface area contributed by atoms with Crippen molar-refractivity contribution in [3.05, 3.63) is 35.4 Å². The van der Waals surface area contributed by atoms with Crippen LogP contribution < -0.4 is 0 Å². The van der Waals surface area contributed by atoms with Gasteiger partial charge in [0.15, 0.2) is 0 Å². The number of carboxylic acids is 1. The van der Waals surface area contributed by atoms with Crippen LogP contribution in [0.2, 0.25) is 0 Å². The molecular formula is C16H19NO3. The number of carbonyl (C=O) groups excluding carboxylic acids is 1. The normalized spacial score (nSPS) is 24.2. The Morgan fingerprint density at radius 2 is 2.00 bits per heavy atom. The number of hydrogen-bond acceptors (Lipinski definition) is 2. The van der Waals surface area contributed by atoms with Crippen LogP contribution in [0.1, 0.15) is 36.3 Å². The van der Waals surface area contributed by atoms with E-state index in [1.165, 1.54) is 11.1 Å². The maximum atomic E-state index is 12.5. The predicted molar refractivity (Wildman–Crippen MR) is 74.4 cm³/mol. The molecule has 0 heterocycles. The Balaban J connectivity index is 1.70. The van der Waals surface area contributed by atoms with Crippen LogP contribution in [-0.4, -0.2) is 34.5 Å². The van der Waals surface area contributed by atoms with Crippen molar-refractivity contribution in [2.45, 2.75) is 38.1 Å². The van der Waals surface area contributed by atoms with Crippen LogP contribution in [-0.2, 0) is 9.59 Å². The zero-order valence-electron chi connectivity index (χ0n) is 11.6. The van der Waals surface area contributed by atoms with Gasteiger partial charge in [0.05, 0.1) is 0 Å². The lowest BCUT2D eigenvalue weighted by molar-refractivity contribution is -0.145. The van der Waals surface area contributed by atoms with Gasteiger partial charge in [-0.2, -0.15) is 0 Å². The number of hydrogen-bond donors (Lipinski definition) is 1. The molecule has 0 aliphatic heterocycles. The molecule has 0 spiro atoms. The molecule has 2 atom stereocenters. The molecule has 0 unspecified atom stereocenters. The molecule has 4 nitrogen and oxygen atoms in total. The zero-order chi connectivity index (χ0) is 14.3. The van der Waals surface area contributed by atoms with Gasteiger partial charge in [0.1, 0.15) is 6.54 Å². The van der Waals surface area contributed by atoms with Gasteiger partial charge >= 0.3 is 5.97 Å². The average molecular weight is 273 g/mol. The van der Waals surface area contributed by atoms with E-state index >= 15 is 0 Å². The number of rotatable bonds is 5. The first-order valence-corrected chi connectivity index (χ1v) is 7.15. The second-order valence-corrected chi connectivity index (χ2v) is 5.90. The van der Waals surface area contributed by atoms with Crippen LogP contribution >= 0.6 is 0 Å². The van der Waals surface area contributed by atoms with E-state index < -0.39 is 5.97 Å². The monoisotopic (exact) mass is 273 g/mol. The number of carboxylic acid groups (broad SMARTS) is 1. The second-order valence-electron chi connectivity index (χ2n) is 5.90. The molecule has 1 aromatic rings. The number of benzene rings is 1. The lowest BCUT2D eigenvalue weighted by atomic mass is 10.0. The fraction of sp³-hybridized carbons (Fsp3) is 0.500. The molecule has 0 radical (unpaired) electrons. The van der Waals surface area contributed by atoms with Gasteiger partial charge in [-0.3, -0.25) is 9.59 Å². The third kappa shape index (κ3) is 2.55. The van der Waals surface area contributed by atoms with Crippen LogP contribution in [0, 0.1) is 12.8 Å².